The molecule has 6 nitrogen and oxygen atoms in total. The van der Waals surface area contributed by atoms with Crippen molar-refractivity contribution in [2.75, 3.05) is 25.6 Å². The van der Waals surface area contributed by atoms with Crippen LogP contribution in [0.1, 0.15) is 0 Å². The Morgan fingerprint density at radius 1 is 0.966 bits per heavy atom. The zero-order chi connectivity index (χ0) is 20.4. The van der Waals surface area contributed by atoms with Crippen LogP contribution in [0.15, 0.2) is 72.4 Å². The van der Waals surface area contributed by atoms with Crippen molar-refractivity contribution in [2.24, 2.45) is 0 Å². The molecular weight excluding hydrogens is 368 g/mol. The van der Waals surface area contributed by atoms with Gasteiger partial charge in [0, 0.05) is 11.8 Å². The average molecular weight is 388 g/mol. The Balaban J connectivity index is 1.59. The summed E-state index contributed by atoms with van der Waals surface area (Å²) in [7, 11) is 1.65. The highest BCUT2D eigenvalue weighted by Gasteiger charge is 2.30. The smallest absolute Gasteiger partial charge is 0.277 e. The molecule has 0 atom stereocenters. The summed E-state index contributed by atoms with van der Waals surface area (Å²) in [6, 6.07) is 19.8. The van der Waals surface area contributed by atoms with E-state index >= 15 is 0 Å². The molecule has 0 saturated heterocycles. The minimum Gasteiger partial charge on any atom is -0.497 e. The molecule has 2 N–H and O–H groups in total. The highest BCUT2D eigenvalue weighted by Crippen LogP contribution is 2.29. The number of nitrogens with zero attached hydrogens (tertiary/aromatic N) is 1. The maximum atomic E-state index is 12.3. The summed E-state index contributed by atoms with van der Waals surface area (Å²) >= 11 is 0. The molecule has 3 aromatic rings. The number of β-amino-alcohol motifs (C(OH)–C–C–N with tert-alkyl or cyclic N) is 1. The number of anilines is 1. The summed E-state index contributed by atoms with van der Waals surface area (Å²) in [5, 5.41) is 14.2. The lowest BCUT2D eigenvalue weighted by Gasteiger charge is -2.14. The monoisotopic (exact) mass is 388 g/mol. The third kappa shape index (κ3) is 3.70. The molecule has 0 fully saturated rings. The topological polar surface area (TPSA) is 78.9 Å². The Morgan fingerprint density at radius 3 is 2.52 bits per heavy atom. The molecule has 3 aromatic carbocycles. The summed E-state index contributed by atoms with van der Waals surface area (Å²) in [6.07, 6.45) is 1.26. The number of rotatable bonds is 6. The molecule has 1 heterocycles. The van der Waals surface area contributed by atoms with E-state index in [0.717, 1.165) is 32.5 Å². The van der Waals surface area contributed by atoms with Crippen LogP contribution in [0.4, 0.5) is 5.69 Å². The summed E-state index contributed by atoms with van der Waals surface area (Å²) in [5.74, 6) is -0.0440. The van der Waals surface area contributed by atoms with Crippen molar-refractivity contribution in [1.82, 2.24) is 4.90 Å². The number of carbonyl (C=O) groups excluding carboxylic acids is 2. The van der Waals surface area contributed by atoms with Gasteiger partial charge in [0.2, 0.25) is 0 Å². The Labute approximate surface area is 168 Å². The summed E-state index contributed by atoms with van der Waals surface area (Å²) in [6.45, 7) is -0.275. The van der Waals surface area contributed by atoms with Gasteiger partial charge in [-0.1, -0.05) is 30.3 Å². The predicted molar refractivity (Wildman–Crippen MR) is 111 cm³/mol. The fraction of sp³-hybridized carbons (Fsp3) is 0.130. The second-order valence-electron chi connectivity index (χ2n) is 6.71. The number of methoxy groups -OCH3 is 1. The van der Waals surface area contributed by atoms with Gasteiger partial charge in [-0.25, -0.2) is 0 Å². The van der Waals surface area contributed by atoms with Crippen LogP contribution >= 0.6 is 0 Å². The van der Waals surface area contributed by atoms with E-state index in [1.54, 1.807) is 7.11 Å². The van der Waals surface area contributed by atoms with Crippen LogP contribution in [0, 0.1) is 0 Å². The number of carbonyl (C=O) groups is 2. The van der Waals surface area contributed by atoms with Crippen molar-refractivity contribution in [1.29, 1.82) is 0 Å². The minimum atomic E-state index is -0.436. The number of hydrogen-bond donors (Lipinski definition) is 2. The van der Waals surface area contributed by atoms with Crippen LogP contribution in [0.25, 0.3) is 21.9 Å². The van der Waals surface area contributed by atoms with Gasteiger partial charge in [0.15, 0.2) is 0 Å². The number of hydrogen-bond acceptors (Lipinski definition) is 5. The van der Waals surface area contributed by atoms with E-state index in [1.807, 2.05) is 54.6 Å². The van der Waals surface area contributed by atoms with Crippen molar-refractivity contribution >= 4 is 28.3 Å². The molecule has 2 amide bonds. The first-order chi connectivity index (χ1) is 14.1. The zero-order valence-electron chi connectivity index (χ0n) is 15.9. The molecule has 6 heteroatoms. The molecule has 1 aliphatic heterocycles. The van der Waals surface area contributed by atoms with Crippen molar-refractivity contribution in [3.63, 3.8) is 0 Å². The number of aliphatic hydroxyl groups is 1. The van der Waals surface area contributed by atoms with E-state index in [4.69, 9.17) is 9.84 Å². The summed E-state index contributed by atoms with van der Waals surface area (Å²) in [4.78, 5) is 25.2. The van der Waals surface area contributed by atoms with E-state index in [1.165, 1.54) is 6.08 Å². The fourth-order valence-electron chi connectivity index (χ4n) is 3.37. The number of aliphatic hydroxyl groups excluding tert-OH is 1. The van der Waals surface area contributed by atoms with Crippen LogP contribution in [-0.4, -0.2) is 42.1 Å². The first-order valence-electron chi connectivity index (χ1n) is 9.23. The lowest BCUT2D eigenvalue weighted by atomic mass is 10.0. The molecule has 0 saturated carbocycles. The number of ether oxygens (including phenoxy) is 1. The molecule has 29 heavy (non-hydrogen) atoms. The van der Waals surface area contributed by atoms with E-state index < -0.39 is 11.8 Å². The van der Waals surface area contributed by atoms with Gasteiger partial charge in [0.05, 0.1) is 20.3 Å². The Hall–Kier alpha value is -3.64. The van der Waals surface area contributed by atoms with Crippen LogP contribution in [0.2, 0.25) is 0 Å². The number of imide groups is 1. The van der Waals surface area contributed by atoms with Crippen LogP contribution in [-0.2, 0) is 9.59 Å². The maximum absolute atomic E-state index is 12.3. The van der Waals surface area contributed by atoms with Crippen molar-refractivity contribution in [3.8, 4) is 16.9 Å². The normalized spacial score (nSPS) is 13.7. The lowest BCUT2D eigenvalue weighted by molar-refractivity contribution is -0.137. The SMILES string of the molecule is COc1ccc2cc(-c3cccc(NC4=CC(=O)N(CCO)C4=O)c3)ccc2c1. The molecule has 4 rings (SSSR count). The second-order valence-corrected chi connectivity index (χ2v) is 6.71. The third-order valence-corrected chi connectivity index (χ3v) is 4.86. The Bertz CT molecular complexity index is 1140. The van der Waals surface area contributed by atoms with Gasteiger partial charge in [-0.05, 0) is 52.2 Å². The van der Waals surface area contributed by atoms with E-state index in [-0.39, 0.29) is 18.8 Å². The van der Waals surface area contributed by atoms with Gasteiger partial charge in [0.1, 0.15) is 11.4 Å². The van der Waals surface area contributed by atoms with Gasteiger partial charge in [-0.3, -0.25) is 14.5 Å². The molecule has 0 bridgehead atoms. The Morgan fingerprint density at radius 2 is 1.72 bits per heavy atom. The predicted octanol–water partition coefficient (Wildman–Crippen LogP) is 3.17. The molecule has 1 aliphatic rings. The van der Waals surface area contributed by atoms with Gasteiger partial charge in [0.25, 0.3) is 11.8 Å². The Kier molecular flexibility index (Phi) is 5.01. The van der Waals surface area contributed by atoms with E-state index in [0.29, 0.717) is 5.69 Å². The second kappa shape index (κ2) is 7.77. The fourth-order valence-corrected chi connectivity index (χ4v) is 3.37. The standard InChI is InChI=1S/C23H20N2O4/c1-29-20-8-7-17-11-16(5-6-18(17)13-20)15-3-2-4-19(12-15)24-21-14-22(27)25(9-10-26)23(21)28/h2-8,11-14,24,26H,9-10H2,1H3. The molecule has 0 aromatic heterocycles. The molecule has 0 spiro atoms. The average Bonchev–Trinajstić information content (AvgIpc) is 3.01. The molecule has 146 valence electrons. The first kappa shape index (κ1) is 18.7. The quantitative estimate of drug-likeness (QED) is 0.634. The summed E-state index contributed by atoms with van der Waals surface area (Å²) in [5.41, 5.74) is 2.93. The zero-order valence-corrected chi connectivity index (χ0v) is 15.9. The highest BCUT2D eigenvalue weighted by atomic mass is 16.5. The molecule has 0 aliphatic carbocycles. The first-order valence-corrected chi connectivity index (χ1v) is 9.23. The van der Waals surface area contributed by atoms with Crippen molar-refractivity contribution < 1.29 is 19.4 Å². The number of benzene rings is 3. The summed E-state index contributed by atoms with van der Waals surface area (Å²) < 4.78 is 5.27. The largest absolute Gasteiger partial charge is 0.497 e. The van der Waals surface area contributed by atoms with Gasteiger partial charge in [-0.2, -0.15) is 0 Å². The van der Waals surface area contributed by atoms with Crippen LogP contribution in [0.5, 0.6) is 5.75 Å². The van der Waals surface area contributed by atoms with Crippen LogP contribution in [0.3, 0.4) is 0 Å². The van der Waals surface area contributed by atoms with Crippen molar-refractivity contribution in [3.05, 3.63) is 72.4 Å². The maximum Gasteiger partial charge on any atom is 0.277 e. The molecule has 0 unspecified atom stereocenters. The lowest BCUT2D eigenvalue weighted by Crippen LogP contribution is -2.34. The number of nitrogens with one attached hydrogen (secondary N) is 1. The highest BCUT2D eigenvalue weighted by molar-refractivity contribution is 6.17. The van der Waals surface area contributed by atoms with Crippen molar-refractivity contribution in [2.45, 2.75) is 0 Å². The number of amides is 2. The van der Waals surface area contributed by atoms with Gasteiger partial charge < -0.3 is 15.2 Å². The van der Waals surface area contributed by atoms with E-state index in [2.05, 4.69) is 11.4 Å². The van der Waals surface area contributed by atoms with Gasteiger partial charge in [-0.15, -0.1) is 0 Å². The molecule has 0 radical (unpaired) electrons. The van der Waals surface area contributed by atoms with E-state index in [9.17, 15) is 9.59 Å². The number of fused-ring (bicyclic) bond motifs is 1. The molecular formula is C23H20N2O4. The minimum absolute atomic E-state index is 0.0126. The third-order valence-electron chi connectivity index (χ3n) is 4.86. The van der Waals surface area contributed by atoms with Crippen LogP contribution < -0.4 is 10.1 Å². The van der Waals surface area contributed by atoms with Gasteiger partial charge >= 0.3 is 0 Å².